The summed E-state index contributed by atoms with van der Waals surface area (Å²) >= 11 is 0. The topological polar surface area (TPSA) is 73.8 Å². The summed E-state index contributed by atoms with van der Waals surface area (Å²) in [6.07, 6.45) is -0.907. The van der Waals surface area contributed by atoms with Crippen LogP contribution in [-0.2, 0) is 18.6 Å². The molecule has 0 amide bonds. The van der Waals surface area contributed by atoms with Crippen LogP contribution in [0, 0.1) is 5.92 Å². The normalized spacial score (nSPS) is 21.0. The number of carbonyl (C=O) groups excluding carboxylic acids is 1. The molecule has 0 bridgehead atoms. The predicted molar refractivity (Wildman–Crippen MR) is 110 cm³/mol. The highest BCUT2D eigenvalue weighted by molar-refractivity contribution is 5.87. The van der Waals surface area contributed by atoms with Gasteiger partial charge in [-0.2, -0.15) is 18.3 Å². The fraction of sp³-hybridized carbons (Fsp3) is 0.304. The third-order valence-electron chi connectivity index (χ3n) is 6.04. The molecular formula is C23H19F3N4O2. The molecule has 1 saturated carbocycles. The molecule has 9 heteroatoms. The zero-order valence-corrected chi connectivity index (χ0v) is 17.3. The molecule has 2 aromatic heterocycles. The fourth-order valence-electron chi connectivity index (χ4n) is 4.64. The maximum absolute atomic E-state index is 13.5. The van der Waals surface area contributed by atoms with E-state index in [-0.39, 0.29) is 28.0 Å². The van der Waals surface area contributed by atoms with E-state index in [9.17, 15) is 18.0 Å². The molecule has 1 fully saturated rings. The summed E-state index contributed by atoms with van der Waals surface area (Å²) in [6, 6.07) is 9.49. The first-order valence-corrected chi connectivity index (χ1v) is 10.1. The van der Waals surface area contributed by atoms with Gasteiger partial charge < -0.3 is 4.42 Å². The van der Waals surface area contributed by atoms with E-state index in [0.29, 0.717) is 17.8 Å². The van der Waals surface area contributed by atoms with Crippen molar-refractivity contribution in [3.8, 4) is 11.5 Å². The van der Waals surface area contributed by atoms with Crippen molar-refractivity contribution in [2.45, 2.75) is 31.4 Å². The highest BCUT2D eigenvalue weighted by Gasteiger charge is 2.48. The van der Waals surface area contributed by atoms with Crippen molar-refractivity contribution in [2.24, 2.45) is 13.0 Å². The fourth-order valence-corrected chi connectivity index (χ4v) is 4.64. The van der Waals surface area contributed by atoms with Gasteiger partial charge in [0, 0.05) is 18.2 Å². The number of aromatic nitrogens is 4. The Morgan fingerprint density at radius 1 is 1.22 bits per heavy atom. The number of nitrogens with zero attached hydrogens (tertiary/aromatic N) is 4. The minimum Gasteiger partial charge on any atom is -0.435 e. The number of halogens is 3. The van der Waals surface area contributed by atoms with Gasteiger partial charge in [0.2, 0.25) is 5.89 Å². The van der Waals surface area contributed by atoms with Gasteiger partial charge in [-0.05, 0) is 48.6 Å². The molecular weight excluding hydrogens is 421 g/mol. The van der Waals surface area contributed by atoms with Crippen LogP contribution in [0.15, 0.2) is 47.1 Å². The van der Waals surface area contributed by atoms with E-state index in [1.54, 1.807) is 17.1 Å². The predicted octanol–water partition coefficient (Wildman–Crippen LogP) is 5.17. The lowest BCUT2D eigenvalue weighted by molar-refractivity contribution is -0.136. The third kappa shape index (κ3) is 3.19. The van der Waals surface area contributed by atoms with Gasteiger partial charge in [-0.25, -0.2) is 9.97 Å². The van der Waals surface area contributed by atoms with Crippen LogP contribution in [0.4, 0.5) is 13.2 Å². The van der Waals surface area contributed by atoms with Gasteiger partial charge in [0.1, 0.15) is 23.7 Å². The maximum Gasteiger partial charge on any atom is 0.420 e. The maximum atomic E-state index is 13.5. The minimum absolute atomic E-state index is 0.0132. The summed E-state index contributed by atoms with van der Waals surface area (Å²) < 4.78 is 47.8. The number of alkyl halides is 3. The van der Waals surface area contributed by atoms with Crippen LogP contribution in [0.5, 0.6) is 0 Å². The van der Waals surface area contributed by atoms with Gasteiger partial charge in [-0.15, -0.1) is 0 Å². The smallest absolute Gasteiger partial charge is 0.420 e. The number of hydrogen-bond acceptors (Lipinski definition) is 5. The Labute approximate surface area is 181 Å². The Morgan fingerprint density at radius 3 is 2.62 bits per heavy atom. The first-order valence-electron chi connectivity index (χ1n) is 10.1. The van der Waals surface area contributed by atoms with Gasteiger partial charge in [0.15, 0.2) is 11.4 Å². The van der Waals surface area contributed by atoms with Crippen LogP contribution >= 0.6 is 0 Å². The zero-order valence-electron chi connectivity index (χ0n) is 17.3. The number of benzene rings is 2. The molecule has 0 spiro atoms. The average molecular weight is 440 g/mol. The standard InChI is InChI=1S/C23H19F3N4O2/c1-13-9-22(10-13,21-27-12-30(2)29-21)16-5-3-4-15(8-16)20-28-18-7-14(11-31)6-17(19(18)32-20)23(24,25)26/h3-8,11-13H,9-10H2,1-2H3. The molecule has 6 nitrogen and oxygen atoms in total. The van der Waals surface area contributed by atoms with Crippen LogP contribution in [0.2, 0.25) is 0 Å². The van der Waals surface area contributed by atoms with E-state index in [4.69, 9.17) is 4.42 Å². The zero-order chi connectivity index (χ0) is 22.7. The van der Waals surface area contributed by atoms with E-state index < -0.39 is 11.7 Å². The van der Waals surface area contributed by atoms with Gasteiger partial charge >= 0.3 is 6.18 Å². The van der Waals surface area contributed by atoms with E-state index in [2.05, 4.69) is 22.0 Å². The summed E-state index contributed by atoms with van der Waals surface area (Å²) in [5.41, 5.74) is -0.371. The summed E-state index contributed by atoms with van der Waals surface area (Å²) in [6.45, 7) is 2.16. The lowest BCUT2D eigenvalue weighted by atomic mass is 9.58. The summed E-state index contributed by atoms with van der Waals surface area (Å²) in [4.78, 5) is 19.9. The quantitative estimate of drug-likeness (QED) is 0.409. The van der Waals surface area contributed by atoms with Crippen LogP contribution in [0.3, 0.4) is 0 Å². The van der Waals surface area contributed by atoms with Crippen molar-refractivity contribution >= 4 is 17.4 Å². The monoisotopic (exact) mass is 440 g/mol. The highest BCUT2D eigenvalue weighted by atomic mass is 19.4. The summed E-state index contributed by atoms with van der Waals surface area (Å²) in [5, 5.41) is 4.52. The average Bonchev–Trinajstić information content (AvgIpc) is 3.36. The van der Waals surface area contributed by atoms with Crippen molar-refractivity contribution in [3.63, 3.8) is 0 Å². The van der Waals surface area contributed by atoms with Crippen molar-refractivity contribution in [2.75, 3.05) is 0 Å². The molecule has 164 valence electrons. The molecule has 2 aromatic carbocycles. The molecule has 0 radical (unpaired) electrons. The number of hydrogen-bond donors (Lipinski definition) is 0. The second-order valence-corrected chi connectivity index (χ2v) is 8.47. The van der Waals surface area contributed by atoms with Crippen molar-refractivity contribution in [1.82, 2.24) is 19.7 Å². The van der Waals surface area contributed by atoms with E-state index in [0.717, 1.165) is 30.3 Å². The summed E-state index contributed by atoms with van der Waals surface area (Å²) in [7, 11) is 1.81. The molecule has 0 atom stereocenters. The van der Waals surface area contributed by atoms with Gasteiger partial charge in [-0.3, -0.25) is 9.48 Å². The Kier molecular flexibility index (Phi) is 4.47. The van der Waals surface area contributed by atoms with Crippen molar-refractivity contribution < 1.29 is 22.4 Å². The van der Waals surface area contributed by atoms with Crippen molar-refractivity contribution in [1.29, 1.82) is 0 Å². The lowest BCUT2D eigenvalue weighted by Crippen LogP contribution is -2.42. The van der Waals surface area contributed by atoms with E-state index in [1.807, 2.05) is 25.2 Å². The Morgan fingerprint density at radius 2 is 2.00 bits per heavy atom. The van der Waals surface area contributed by atoms with Crippen LogP contribution in [-0.4, -0.2) is 26.0 Å². The molecule has 0 aliphatic heterocycles. The molecule has 5 rings (SSSR count). The van der Waals surface area contributed by atoms with Crippen molar-refractivity contribution in [3.05, 3.63) is 65.2 Å². The van der Waals surface area contributed by atoms with E-state index >= 15 is 0 Å². The Hall–Kier alpha value is -3.49. The first kappa shape index (κ1) is 20.4. The van der Waals surface area contributed by atoms with Gasteiger partial charge in [0.05, 0.1) is 5.41 Å². The van der Waals surface area contributed by atoms with Crippen LogP contribution < -0.4 is 0 Å². The molecule has 1 aliphatic rings. The molecule has 0 N–H and O–H groups in total. The largest absolute Gasteiger partial charge is 0.435 e. The number of oxazole rings is 1. The molecule has 32 heavy (non-hydrogen) atoms. The Bertz CT molecular complexity index is 1330. The van der Waals surface area contributed by atoms with Gasteiger partial charge in [-0.1, -0.05) is 19.1 Å². The molecule has 0 saturated heterocycles. The van der Waals surface area contributed by atoms with Crippen LogP contribution in [0.1, 0.15) is 47.1 Å². The third-order valence-corrected chi connectivity index (χ3v) is 6.04. The number of carbonyl (C=O) groups is 1. The second-order valence-electron chi connectivity index (χ2n) is 8.47. The first-order chi connectivity index (χ1) is 15.2. The van der Waals surface area contributed by atoms with E-state index in [1.165, 1.54) is 6.07 Å². The molecule has 1 aliphatic carbocycles. The molecule has 2 heterocycles. The molecule has 0 unspecified atom stereocenters. The molecule has 4 aromatic rings. The SMILES string of the molecule is CC1CC(c2cccc(-c3nc4cc(C=O)cc(C(F)(F)F)c4o3)c2)(c2ncn(C)n2)C1. The number of rotatable bonds is 4. The Balaban J connectivity index is 1.63. The number of aryl methyl sites for hydroxylation is 1. The lowest BCUT2D eigenvalue weighted by Gasteiger charge is -2.45. The summed E-state index contributed by atoms with van der Waals surface area (Å²) in [5.74, 6) is 1.29. The minimum atomic E-state index is -4.67. The number of aldehydes is 1. The van der Waals surface area contributed by atoms with Crippen LogP contribution in [0.25, 0.3) is 22.6 Å². The highest BCUT2D eigenvalue weighted by Crippen LogP contribution is 2.51. The second kappa shape index (κ2) is 7.01. The van der Waals surface area contributed by atoms with Gasteiger partial charge in [0.25, 0.3) is 0 Å². The number of fused-ring (bicyclic) bond motifs is 1.